The van der Waals surface area contributed by atoms with Crippen LogP contribution in [-0.4, -0.2) is 36.0 Å². The standard InChI is InChI=1S/C24H27N3O2S/c1-29-22-10-3-2-8-20(22)24(28)26-23(21-9-4-5-12-25-21)19-7-6-13-27(16-19)15-18-11-14-30-17-18/h2-5,8-12,14,17,19,23H,6-7,13,15-16H2,1H3,(H,26,28)/t19-,23+/m1/s1. The first-order valence-corrected chi connectivity index (χ1v) is 11.3. The summed E-state index contributed by atoms with van der Waals surface area (Å²) in [5.41, 5.74) is 2.81. The van der Waals surface area contributed by atoms with Gasteiger partial charge in [0.15, 0.2) is 0 Å². The van der Waals surface area contributed by atoms with E-state index >= 15 is 0 Å². The summed E-state index contributed by atoms with van der Waals surface area (Å²) in [6.45, 7) is 2.97. The van der Waals surface area contributed by atoms with Gasteiger partial charge in [0.25, 0.3) is 5.91 Å². The first-order valence-electron chi connectivity index (χ1n) is 10.3. The van der Waals surface area contributed by atoms with Gasteiger partial charge in [-0.1, -0.05) is 18.2 Å². The summed E-state index contributed by atoms with van der Waals surface area (Å²) in [5.74, 6) is 0.751. The van der Waals surface area contributed by atoms with Crippen LogP contribution in [0.25, 0.3) is 0 Å². The number of ether oxygens (including phenoxy) is 1. The molecule has 1 aromatic carbocycles. The fourth-order valence-corrected chi connectivity index (χ4v) is 4.85. The van der Waals surface area contributed by atoms with Gasteiger partial charge in [0.05, 0.1) is 24.4 Å². The number of thiophene rings is 1. The second kappa shape index (κ2) is 9.87. The summed E-state index contributed by atoms with van der Waals surface area (Å²) in [5, 5.41) is 7.60. The molecule has 4 rings (SSSR count). The number of rotatable bonds is 7. The first-order chi connectivity index (χ1) is 14.7. The molecule has 156 valence electrons. The molecule has 5 nitrogen and oxygen atoms in total. The van der Waals surface area contributed by atoms with Crippen LogP contribution >= 0.6 is 11.3 Å². The molecule has 1 fully saturated rings. The van der Waals surface area contributed by atoms with E-state index in [1.165, 1.54) is 5.56 Å². The Bertz CT molecular complexity index is 946. The Balaban J connectivity index is 1.55. The van der Waals surface area contributed by atoms with Crippen LogP contribution in [0.15, 0.2) is 65.5 Å². The minimum absolute atomic E-state index is 0.127. The van der Waals surface area contributed by atoms with E-state index in [4.69, 9.17) is 4.74 Å². The number of carbonyl (C=O) groups is 1. The largest absolute Gasteiger partial charge is 0.496 e. The molecule has 1 N–H and O–H groups in total. The van der Waals surface area contributed by atoms with Crippen molar-refractivity contribution in [1.82, 2.24) is 15.2 Å². The number of nitrogens with one attached hydrogen (secondary N) is 1. The molecule has 0 radical (unpaired) electrons. The molecule has 1 saturated heterocycles. The first kappa shape index (κ1) is 20.6. The van der Waals surface area contributed by atoms with Crippen molar-refractivity contribution in [2.24, 2.45) is 5.92 Å². The number of amides is 1. The molecular formula is C24H27N3O2S. The van der Waals surface area contributed by atoms with Crippen LogP contribution < -0.4 is 10.1 Å². The van der Waals surface area contributed by atoms with Crippen LogP contribution in [-0.2, 0) is 6.54 Å². The van der Waals surface area contributed by atoms with Gasteiger partial charge in [-0.3, -0.25) is 14.7 Å². The van der Waals surface area contributed by atoms with E-state index in [0.717, 1.165) is 38.2 Å². The third kappa shape index (κ3) is 4.89. The van der Waals surface area contributed by atoms with Crippen LogP contribution in [0.1, 0.15) is 40.5 Å². The lowest BCUT2D eigenvalue weighted by molar-refractivity contribution is 0.0872. The number of nitrogens with zero attached hydrogens (tertiary/aromatic N) is 2. The van der Waals surface area contributed by atoms with E-state index in [1.54, 1.807) is 30.7 Å². The Labute approximate surface area is 181 Å². The summed E-state index contributed by atoms with van der Waals surface area (Å²) in [6.07, 6.45) is 3.97. The maximum Gasteiger partial charge on any atom is 0.255 e. The van der Waals surface area contributed by atoms with E-state index in [-0.39, 0.29) is 11.9 Å². The number of pyridine rings is 1. The van der Waals surface area contributed by atoms with Gasteiger partial charge in [-0.05, 0) is 72.0 Å². The predicted molar refractivity (Wildman–Crippen MR) is 120 cm³/mol. The van der Waals surface area contributed by atoms with Crippen molar-refractivity contribution >= 4 is 17.2 Å². The number of hydrogen-bond donors (Lipinski definition) is 1. The molecule has 0 saturated carbocycles. The maximum atomic E-state index is 13.2. The van der Waals surface area contributed by atoms with Crippen molar-refractivity contribution in [1.29, 1.82) is 0 Å². The second-order valence-electron chi connectivity index (χ2n) is 7.68. The van der Waals surface area contributed by atoms with E-state index in [1.807, 2.05) is 36.4 Å². The van der Waals surface area contributed by atoms with Crippen LogP contribution in [0.3, 0.4) is 0 Å². The van der Waals surface area contributed by atoms with Gasteiger partial charge in [0.1, 0.15) is 5.75 Å². The highest BCUT2D eigenvalue weighted by molar-refractivity contribution is 7.07. The van der Waals surface area contributed by atoms with Gasteiger partial charge in [0.2, 0.25) is 0 Å². The average Bonchev–Trinajstić information content (AvgIpc) is 3.31. The zero-order valence-electron chi connectivity index (χ0n) is 17.2. The van der Waals surface area contributed by atoms with Gasteiger partial charge in [-0.15, -0.1) is 0 Å². The molecule has 0 spiro atoms. The van der Waals surface area contributed by atoms with E-state index in [0.29, 0.717) is 17.2 Å². The zero-order chi connectivity index (χ0) is 20.8. The molecular weight excluding hydrogens is 394 g/mol. The fourth-order valence-electron chi connectivity index (χ4n) is 4.19. The molecule has 0 bridgehead atoms. The summed E-state index contributed by atoms with van der Waals surface area (Å²) in [7, 11) is 1.59. The molecule has 3 aromatic rings. The van der Waals surface area contributed by atoms with Crippen molar-refractivity contribution in [2.45, 2.75) is 25.4 Å². The van der Waals surface area contributed by atoms with Gasteiger partial charge in [0, 0.05) is 19.3 Å². The Hall–Kier alpha value is -2.70. The van der Waals surface area contributed by atoms with E-state index in [9.17, 15) is 4.79 Å². The summed E-state index contributed by atoms with van der Waals surface area (Å²) in [6, 6.07) is 15.3. The lowest BCUT2D eigenvalue weighted by Crippen LogP contribution is -2.43. The monoisotopic (exact) mass is 421 g/mol. The number of hydrogen-bond acceptors (Lipinski definition) is 5. The fraction of sp³-hybridized carbons (Fsp3) is 0.333. The minimum atomic E-state index is -0.145. The molecule has 2 aromatic heterocycles. The van der Waals surface area contributed by atoms with Crippen molar-refractivity contribution < 1.29 is 9.53 Å². The second-order valence-corrected chi connectivity index (χ2v) is 8.46. The Morgan fingerprint density at radius 2 is 2.13 bits per heavy atom. The van der Waals surface area contributed by atoms with E-state index < -0.39 is 0 Å². The number of benzene rings is 1. The summed E-state index contributed by atoms with van der Waals surface area (Å²) < 4.78 is 5.39. The van der Waals surface area contributed by atoms with E-state index in [2.05, 4.69) is 32.0 Å². The average molecular weight is 422 g/mol. The van der Waals surface area contributed by atoms with Crippen molar-refractivity contribution in [2.75, 3.05) is 20.2 Å². The molecule has 30 heavy (non-hydrogen) atoms. The van der Waals surface area contributed by atoms with Gasteiger partial charge >= 0.3 is 0 Å². The number of aromatic nitrogens is 1. The maximum absolute atomic E-state index is 13.2. The van der Waals surface area contributed by atoms with Gasteiger partial charge in [-0.25, -0.2) is 0 Å². The highest BCUT2D eigenvalue weighted by Crippen LogP contribution is 2.31. The summed E-state index contributed by atoms with van der Waals surface area (Å²) in [4.78, 5) is 20.2. The summed E-state index contributed by atoms with van der Waals surface area (Å²) >= 11 is 1.74. The van der Waals surface area contributed by atoms with Crippen molar-refractivity contribution in [3.8, 4) is 5.75 Å². The molecule has 1 aliphatic rings. The highest BCUT2D eigenvalue weighted by Gasteiger charge is 2.31. The number of carbonyl (C=O) groups excluding carboxylic acids is 1. The number of para-hydroxylation sites is 1. The quantitative estimate of drug-likeness (QED) is 0.609. The van der Waals surface area contributed by atoms with Crippen LogP contribution in [0.4, 0.5) is 0 Å². The number of piperidine rings is 1. The molecule has 3 heterocycles. The highest BCUT2D eigenvalue weighted by atomic mass is 32.1. The smallest absolute Gasteiger partial charge is 0.255 e. The molecule has 0 unspecified atom stereocenters. The minimum Gasteiger partial charge on any atom is -0.496 e. The normalized spacial score (nSPS) is 18.0. The molecule has 2 atom stereocenters. The third-order valence-corrected chi connectivity index (χ3v) is 6.38. The SMILES string of the molecule is COc1ccccc1C(=O)N[C@H](c1ccccn1)[C@@H]1CCCN(Cc2ccsc2)C1. The molecule has 6 heteroatoms. The van der Waals surface area contributed by atoms with Crippen molar-refractivity contribution in [3.05, 3.63) is 82.3 Å². The molecule has 1 amide bonds. The van der Waals surface area contributed by atoms with Gasteiger partial charge in [-0.2, -0.15) is 11.3 Å². The molecule has 0 aliphatic carbocycles. The Kier molecular flexibility index (Phi) is 6.77. The Morgan fingerprint density at radius 1 is 1.27 bits per heavy atom. The lowest BCUT2D eigenvalue weighted by atomic mass is 9.88. The predicted octanol–water partition coefficient (Wildman–Crippen LogP) is 4.54. The number of methoxy groups -OCH3 is 1. The Morgan fingerprint density at radius 3 is 2.90 bits per heavy atom. The molecule has 1 aliphatic heterocycles. The van der Waals surface area contributed by atoms with Crippen LogP contribution in [0.5, 0.6) is 5.75 Å². The third-order valence-electron chi connectivity index (χ3n) is 5.64. The van der Waals surface area contributed by atoms with Crippen LogP contribution in [0, 0.1) is 5.92 Å². The van der Waals surface area contributed by atoms with Crippen LogP contribution in [0.2, 0.25) is 0 Å². The topological polar surface area (TPSA) is 54.5 Å². The van der Waals surface area contributed by atoms with Gasteiger partial charge < -0.3 is 10.1 Å². The number of likely N-dealkylation sites (tertiary alicyclic amines) is 1. The van der Waals surface area contributed by atoms with Crippen molar-refractivity contribution in [3.63, 3.8) is 0 Å². The lowest BCUT2D eigenvalue weighted by Gasteiger charge is -2.37. The zero-order valence-corrected chi connectivity index (χ0v) is 18.0.